The van der Waals surface area contributed by atoms with Crippen molar-refractivity contribution >= 4 is 23.5 Å². The highest BCUT2D eigenvalue weighted by atomic mass is 16.5. The van der Waals surface area contributed by atoms with Crippen molar-refractivity contribution in [1.82, 2.24) is 4.90 Å². The van der Waals surface area contributed by atoms with Crippen molar-refractivity contribution in [2.24, 2.45) is 0 Å². The van der Waals surface area contributed by atoms with Gasteiger partial charge < -0.3 is 25.2 Å². The van der Waals surface area contributed by atoms with E-state index in [4.69, 9.17) is 5.73 Å². The molecule has 1 aromatic rings. The molecule has 114 valence electrons. The molecule has 0 radical (unpaired) electrons. The summed E-state index contributed by atoms with van der Waals surface area (Å²) in [5, 5.41) is 9.41. The zero-order chi connectivity index (χ0) is 16.0. The van der Waals surface area contributed by atoms with Gasteiger partial charge in [0, 0.05) is 5.69 Å². The summed E-state index contributed by atoms with van der Waals surface area (Å²) in [6, 6.07) is 3.81. The summed E-state index contributed by atoms with van der Waals surface area (Å²) in [4.78, 5) is 35.9. The summed E-state index contributed by atoms with van der Waals surface area (Å²) in [5.74, 6) is -2.26. The van der Waals surface area contributed by atoms with Gasteiger partial charge in [0.15, 0.2) is 0 Å². The Morgan fingerprint density at radius 1 is 1.14 bits per heavy atom. The Hall–Kier alpha value is -2.77. The van der Waals surface area contributed by atoms with Crippen molar-refractivity contribution in [3.63, 3.8) is 0 Å². The number of ether oxygens (including phenoxy) is 2. The van der Waals surface area contributed by atoms with Crippen LogP contribution in [0.5, 0.6) is 5.75 Å². The molecule has 0 aliphatic carbocycles. The van der Waals surface area contributed by atoms with Crippen LogP contribution in [-0.2, 0) is 19.1 Å². The summed E-state index contributed by atoms with van der Waals surface area (Å²) in [5.41, 5.74) is 5.75. The highest BCUT2D eigenvalue weighted by Crippen LogP contribution is 2.20. The van der Waals surface area contributed by atoms with Crippen molar-refractivity contribution in [3.8, 4) is 5.75 Å². The van der Waals surface area contributed by atoms with Gasteiger partial charge in [0.1, 0.15) is 18.8 Å². The third-order valence-electron chi connectivity index (χ3n) is 2.65. The molecule has 0 saturated heterocycles. The highest BCUT2D eigenvalue weighted by molar-refractivity contribution is 6.02. The number of carbonyl (C=O) groups is 3. The Kier molecular flexibility index (Phi) is 5.53. The van der Waals surface area contributed by atoms with Gasteiger partial charge in [-0.15, -0.1) is 0 Å². The molecule has 0 fully saturated rings. The maximum absolute atomic E-state index is 12.3. The number of methoxy groups -OCH3 is 2. The Balaban J connectivity index is 3.05. The van der Waals surface area contributed by atoms with Gasteiger partial charge in [-0.25, -0.2) is 0 Å². The minimum absolute atomic E-state index is 0.0252. The first-order chi connectivity index (χ1) is 9.88. The number of phenolic OH excluding ortho intramolecular Hbond substituents is 1. The number of rotatable bonds is 5. The van der Waals surface area contributed by atoms with Crippen LogP contribution in [0.25, 0.3) is 0 Å². The Morgan fingerprint density at radius 3 is 2.14 bits per heavy atom. The fraction of sp³-hybridized carbons (Fsp3) is 0.308. The molecular weight excluding hydrogens is 280 g/mol. The van der Waals surface area contributed by atoms with Crippen molar-refractivity contribution in [3.05, 3.63) is 23.8 Å². The molecule has 0 heterocycles. The van der Waals surface area contributed by atoms with Crippen LogP contribution < -0.4 is 5.73 Å². The van der Waals surface area contributed by atoms with Crippen molar-refractivity contribution in [2.45, 2.75) is 0 Å². The number of nitrogen functional groups attached to an aromatic ring is 1. The van der Waals surface area contributed by atoms with E-state index in [1.165, 1.54) is 12.1 Å². The zero-order valence-electron chi connectivity index (χ0n) is 11.7. The Labute approximate surface area is 121 Å². The average Bonchev–Trinajstić information content (AvgIpc) is 2.47. The second kappa shape index (κ2) is 7.13. The summed E-state index contributed by atoms with van der Waals surface area (Å²) in [7, 11) is 2.32. The SMILES string of the molecule is COC(=O)CN(CC(=O)OC)C(=O)c1cc(O)ccc1N. The van der Waals surface area contributed by atoms with E-state index in [0.717, 1.165) is 25.2 Å². The van der Waals surface area contributed by atoms with Gasteiger partial charge in [0.05, 0.1) is 19.8 Å². The first-order valence-electron chi connectivity index (χ1n) is 5.90. The Morgan fingerprint density at radius 2 is 1.67 bits per heavy atom. The van der Waals surface area contributed by atoms with Crippen molar-refractivity contribution in [1.29, 1.82) is 0 Å². The van der Waals surface area contributed by atoms with Gasteiger partial charge in [-0.3, -0.25) is 14.4 Å². The quantitative estimate of drug-likeness (QED) is 0.437. The first kappa shape index (κ1) is 16.3. The number of hydrogen-bond donors (Lipinski definition) is 2. The van der Waals surface area contributed by atoms with Crippen molar-refractivity contribution in [2.75, 3.05) is 33.0 Å². The number of anilines is 1. The molecule has 0 aliphatic rings. The third kappa shape index (κ3) is 4.37. The van der Waals surface area contributed by atoms with E-state index in [9.17, 15) is 19.5 Å². The second-order valence-corrected chi connectivity index (χ2v) is 4.09. The molecule has 3 N–H and O–H groups in total. The average molecular weight is 296 g/mol. The van der Waals surface area contributed by atoms with Crippen LogP contribution in [0.2, 0.25) is 0 Å². The van der Waals surface area contributed by atoms with E-state index in [0.29, 0.717) is 0 Å². The lowest BCUT2D eigenvalue weighted by atomic mass is 10.1. The predicted molar refractivity (Wildman–Crippen MR) is 72.5 cm³/mol. The van der Waals surface area contributed by atoms with Gasteiger partial charge in [0.2, 0.25) is 0 Å². The van der Waals surface area contributed by atoms with Crippen LogP contribution in [0.15, 0.2) is 18.2 Å². The molecule has 8 heteroatoms. The van der Waals surface area contributed by atoms with Gasteiger partial charge >= 0.3 is 11.9 Å². The third-order valence-corrected chi connectivity index (χ3v) is 2.65. The molecular formula is C13H16N2O6. The molecule has 21 heavy (non-hydrogen) atoms. The van der Waals surface area contributed by atoms with Crippen LogP contribution >= 0.6 is 0 Å². The first-order valence-corrected chi connectivity index (χ1v) is 5.90. The van der Waals surface area contributed by atoms with Gasteiger partial charge in [-0.1, -0.05) is 0 Å². The number of carbonyl (C=O) groups excluding carboxylic acids is 3. The van der Waals surface area contributed by atoms with Crippen LogP contribution in [-0.4, -0.2) is 55.2 Å². The normalized spacial score (nSPS) is 9.81. The molecule has 8 nitrogen and oxygen atoms in total. The Bertz CT molecular complexity index is 540. The number of amides is 1. The number of aromatic hydroxyl groups is 1. The van der Waals surface area contributed by atoms with E-state index >= 15 is 0 Å². The van der Waals surface area contributed by atoms with E-state index in [1.54, 1.807) is 0 Å². The molecule has 0 bridgehead atoms. The summed E-state index contributed by atoms with van der Waals surface area (Å²) >= 11 is 0. The molecule has 0 unspecified atom stereocenters. The maximum atomic E-state index is 12.3. The fourth-order valence-corrected chi connectivity index (χ4v) is 1.54. The molecule has 1 rings (SSSR count). The smallest absolute Gasteiger partial charge is 0.325 e. The van der Waals surface area contributed by atoms with Gasteiger partial charge in [-0.05, 0) is 18.2 Å². The number of phenols is 1. The molecule has 1 amide bonds. The van der Waals surface area contributed by atoms with Gasteiger partial charge in [0.25, 0.3) is 5.91 Å². The molecule has 1 aromatic carbocycles. The van der Waals surface area contributed by atoms with Crippen LogP contribution in [0.4, 0.5) is 5.69 Å². The van der Waals surface area contributed by atoms with E-state index < -0.39 is 30.9 Å². The monoisotopic (exact) mass is 296 g/mol. The molecule has 0 atom stereocenters. The summed E-state index contributed by atoms with van der Waals surface area (Å²) < 4.78 is 8.94. The lowest BCUT2D eigenvalue weighted by Crippen LogP contribution is -2.40. The minimum atomic E-state index is -0.703. The number of nitrogens with zero attached hydrogens (tertiary/aromatic N) is 1. The number of hydrogen-bond acceptors (Lipinski definition) is 7. The van der Waals surface area contributed by atoms with Crippen LogP contribution in [0, 0.1) is 0 Å². The standard InChI is InChI=1S/C13H16N2O6/c1-20-11(17)6-15(7-12(18)21-2)13(19)9-5-8(16)3-4-10(9)14/h3-5,16H,6-7,14H2,1-2H3. The van der Waals surface area contributed by atoms with Crippen LogP contribution in [0.1, 0.15) is 10.4 Å². The maximum Gasteiger partial charge on any atom is 0.325 e. The van der Waals surface area contributed by atoms with E-state index in [2.05, 4.69) is 9.47 Å². The minimum Gasteiger partial charge on any atom is -0.508 e. The van der Waals surface area contributed by atoms with Gasteiger partial charge in [-0.2, -0.15) is 0 Å². The summed E-state index contributed by atoms with van der Waals surface area (Å²) in [6.07, 6.45) is 0. The highest BCUT2D eigenvalue weighted by Gasteiger charge is 2.24. The lowest BCUT2D eigenvalue weighted by Gasteiger charge is -2.21. The van der Waals surface area contributed by atoms with E-state index in [1.807, 2.05) is 0 Å². The number of benzene rings is 1. The number of esters is 2. The van der Waals surface area contributed by atoms with E-state index in [-0.39, 0.29) is 17.0 Å². The lowest BCUT2D eigenvalue weighted by molar-refractivity contribution is -0.144. The fourth-order valence-electron chi connectivity index (χ4n) is 1.54. The van der Waals surface area contributed by atoms with Crippen molar-refractivity contribution < 1.29 is 29.0 Å². The second-order valence-electron chi connectivity index (χ2n) is 4.09. The topological polar surface area (TPSA) is 119 Å². The molecule has 0 spiro atoms. The number of nitrogens with two attached hydrogens (primary N) is 1. The molecule has 0 saturated carbocycles. The predicted octanol–water partition coefficient (Wildman–Crippen LogP) is -0.237. The largest absolute Gasteiger partial charge is 0.508 e. The summed E-state index contributed by atoms with van der Waals surface area (Å²) in [6.45, 7) is -0.890. The molecule has 0 aromatic heterocycles. The van der Waals surface area contributed by atoms with Crippen LogP contribution in [0.3, 0.4) is 0 Å². The zero-order valence-corrected chi connectivity index (χ0v) is 11.7. The molecule has 0 aliphatic heterocycles.